The summed E-state index contributed by atoms with van der Waals surface area (Å²) in [5, 5.41) is 0. The summed E-state index contributed by atoms with van der Waals surface area (Å²) >= 11 is 0. The molecule has 0 saturated heterocycles. The van der Waals surface area contributed by atoms with Gasteiger partial charge in [0.1, 0.15) is 12.4 Å². The average molecular weight is 170 g/mol. The zero-order chi connectivity index (χ0) is 9.14. The zero-order valence-electron chi connectivity index (χ0n) is 7.03. The van der Waals surface area contributed by atoms with E-state index in [1.54, 1.807) is 0 Å². The maximum absolute atomic E-state index is 10.9. The molecule has 0 aromatic carbocycles. The lowest BCUT2D eigenvalue weighted by molar-refractivity contribution is -0.132. The number of esters is 1. The number of carbonyl (C=O) groups is 2. The lowest BCUT2D eigenvalue weighted by Crippen LogP contribution is -2.30. The second kappa shape index (κ2) is 3.34. The predicted molar refractivity (Wildman–Crippen MR) is 41.7 cm³/mol. The van der Waals surface area contributed by atoms with E-state index in [0.717, 1.165) is 0 Å². The van der Waals surface area contributed by atoms with E-state index in [9.17, 15) is 9.59 Å². The van der Waals surface area contributed by atoms with Gasteiger partial charge in [-0.25, -0.2) is 4.79 Å². The maximum atomic E-state index is 10.9. The van der Waals surface area contributed by atoms with Gasteiger partial charge in [-0.3, -0.25) is 9.79 Å². The van der Waals surface area contributed by atoms with Gasteiger partial charge >= 0.3 is 5.97 Å². The van der Waals surface area contributed by atoms with Crippen LogP contribution in [0, 0.1) is 0 Å². The van der Waals surface area contributed by atoms with Crippen molar-refractivity contribution in [3.63, 3.8) is 0 Å². The summed E-state index contributed by atoms with van der Waals surface area (Å²) in [6, 6.07) is 0. The third-order valence-electron chi connectivity index (χ3n) is 1.64. The molecule has 5 nitrogen and oxygen atoms in total. The van der Waals surface area contributed by atoms with E-state index in [-0.39, 0.29) is 19.1 Å². The fourth-order valence-corrected chi connectivity index (χ4v) is 0.909. The maximum Gasteiger partial charge on any atom is 0.353 e. The van der Waals surface area contributed by atoms with Gasteiger partial charge in [-0.15, -0.1) is 0 Å². The first-order chi connectivity index (χ1) is 5.65. The molecule has 0 radical (unpaired) electrons. The summed E-state index contributed by atoms with van der Waals surface area (Å²) < 4.78 is 4.45. The van der Waals surface area contributed by atoms with Gasteiger partial charge in [0, 0.05) is 6.92 Å². The second-order valence-corrected chi connectivity index (χ2v) is 2.45. The van der Waals surface area contributed by atoms with Crippen LogP contribution >= 0.6 is 0 Å². The number of hydrogen-bond donors (Lipinski definition) is 0. The van der Waals surface area contributed by atoms with Gasteiger partial charge in [0.2, 0.25) is 5.91 Å². The van der Waals surface area contributed by atoms with Crippen molar-refractivity contribution in [2.24, 2.45) is 4.99 Å². The third-order valence-corrected chi connectivity index (χ3v) is 1.64. The Labute approximate surface area is 70.0 Å². The van der Waals surface area contributed by atoms with E-state index in [4.69, 9.17) is 0 Å². The van der Waals surface area contributed by atoms with Crippen molar-refractivity contribution in [1.82, 2.24) is 4.90 Å². The molecule has 0 fully saturated rings. The topological polar surface area (TPSA) is 59.0 Å². The molecule has 0 aliphatic carbocycles. The van der Waals surface area contributed by atoms with Gasteiger partial charge < -0.3 is 9.64 Å². The number of rotatable bonds is 1. The molecule has 0 unspecified atom stereocenters. The summed E-state index contributed by atoms with van der Waals surface area (Å²) in [5.41, 5.74) is 0.313. The SMILES string of the molecule is COC(=O)C1=NCN(C(C)=O)C1. The molecular formula is C7H10N2O3. The van der Waals surface area contributed by atoms with Crippen LogP contribution < -0.4 is 0 Å². The molecule has 1 aliphatic rings. The molecule has 0 atom stereocenters. The van der Waals surface area contributed by atoms with E-state index >= 15 is 0 Å². The van der Waals surface area contributed by atoms with Crippen LogP contribution in [0.3, 0.4) is 0 Å². The van der Waals surface area contributed by atoms with E-state index in [1.807, 2.05) is 0 Å². The lowest BCUT2D eigenvalue weighted by Gasteiger charge is -2.10. The highest BCUT2D eigenvalue weighted by molar-refractivity contribution is 6.38. The van der Waals surface area contributed by atoms with Crippen LogP contribution in [-0.2, 0) is 14.3 Å². The molecule has 66 valence electrons. The normalized spacial score (nSPS) is 15.8. The Balaban J connectivity index is 2.54. The van der Waals surface area contributed by atoms with Crippen molar-refractivity contribution in [1.29, 1.82) is 0 Å². The minimum Gasteiger partial charge on any atom is -0.464 e. The predicted octanol–water partition coefficient (Wildman–Crippen LogP) is -0.580. The van der Waals surface area contributed by atoms with Crippen molar-refractivity contribution in [2.45, 2.75) is 6.92 Å². The highest BCUT2D eigenvalue weighted by Gasteiger charge is 2.23. The monoisotopic (exact) mass is 170 g/mol. The molecule has 1 rings (SSSR count). The van der Waals surface area contributed by atoms with Crippen molar-refractivity contribution in [3.05, 3.63) is 0 Å². The standard InChI is InChI=1S/C7H10N2O3/c1-5(10)9-3-6(8-4-9)7(11)12-2/h3-4H2,1-2H3. The van der Waals surface area contributed by atoms with E-state index in [1.165, 1.54) is 18.9 Å². The first-order valence-electron chi connectivity index (χ1n) is 3.52. The number of amides is 1. The minimum atomic E-state index is -0.459. The fourth-order valence-electron chi connectivity index (χ4n) is 0.909. The minimum absolute atomic E-state index is 0.0855. The van der Waals surface area contributed by atoms with E-state index in [2.05, 4.69) is 9.73 Å². The molecule has 0 aromatic heterocycles. The van der Waals surface area contributed by atoms with Gasteiger partial charge in [0.15, 0.2) is 0 Å². The largest absolute Gasteiger partial charge is 0.464 e. The molecule has 0 aromatic rings. The molecule has 1 aliphatic heterocycles. The third kappa shape index (κ3) is 1.61. The molecule has 0 saturated carbocycles. The second-order valence-electron chi connectivity index (χ2n) is 2.45. The first-order valence-corrected chi connectivity index (χ1v) is 3.52. The number of ether oxygens (including phenoxy) is 1. The van der Waals surface area contributed by atoms with Gasteiger partial charge in [-0.05, 0) is 0 Å². The molecular weight excluding hydrogens is 160 g/mol. The van der Waals surface area contributed by atoms with Crippen LogP contribution in [-0.4, -0.2) is 42.8 Å². The van der Waals surface area contributed by atoms with Crippen LogP contribution in [0.2, 0.25) is 0 Å². The van der Waals surface area contributed by atoms with Crippen LogP contribution in [0.25, 0.3) is 0 Å². The number of methoxy groups -OCH3 is 1. The van der Waals surface area contributed by atoms with Crippen molar-refractivity contribution in [3.8, 4) is 0 Å². The van der Waals surface area contributed by atoms with Crippen LogP contribution in [0.1, 0.15) is 6.92 Å². The summed E-state index contributed by atoms with van der Waals surface area (Å²) in [6.07, 6.45) is 0. The smallest absolute Gasteiger partial charge is 0.353 e. The van der Waals surface area contributed by atoms with Crippen molar-refractivity contribution >= 4 is 17.6 Å². The Hall–Kier alpha value is -1.39. The summed E-state index contributed by atoms with van der Waals surface area (Å²) in [6.45, 7) is 1.97. The fraction of sp³-hybridized carbons (Fsp3) is 0.571. The summed E-state index contributed by atoms with van der Waals surface area (Å²) in [5.74, 6) is -0.545. The van der Waals surface area contributed by atoms with Crippen LogP contribution in [0.15, 0.2) is 4.99 Å². The van der Waals surface area contributed by atoms with Gasteiger partial charge in [-0.1, -0.05) is 0 Å². The Kier molecular flexibility index (Phi) is 2.42. The number of nitrogens with zero attached hydrogens (tertiary/aromatic N) is 2. The van der Waals surface area contributed by atoms with E-state index in [0.29, 0.717) is 5.71 Å². The number of carbonyl (C=O) groups excluding carboxylic acids is 2. The summed E-state index contributed by atoms with van der Waals surface area (Å²) in [7, 11) is 1.29. The van der Waals surface area contributed by atoms with Gasteiger partial charge in [0.25, 0.3) is 0 Å². The quantitative estimate of drug-likeness (QED) is 0.495. The molecule has 12 heavy (non-hydrogen) atoms. The van der Waals surface area contributed by atoms with Gasteiger partial charge in [-0.2, -0.15) is 0 Å². The van der Waals surface area contributed by atoms with E-state index < -0.39 is 5.97 Å². The highest BCUT2D eigenvalue weighted by atomic mass is 16.5. The average Bonchev–Trinajstić information content (AvgIpc) is 2.51. The Bertz CT molecular complexity index is 247. The molecule has 0 N–H and O–H groups in total. The zero-order valence-corrected chi connectivity index (χ0v) is 7.03. The molecule has 5 heteroatoms. The van der Waals surface area contributed by atoms with Crippen LogP contribution in [0.5, 0.6) is 0 Å². The molecule has 1 heterocycles. The highest BCUT2D eigenvalue weighted by Crippen LogP contribution is 2.01. The molecule has 1 amide bonds. The molecule has 0 spiro atoms. The Morgan fingerprint density at radius 1 is 1.58 bits per heavy atom. The van der Waals surface area contributed by atoms with Crippen molar-refractivity contribution < 1.29 is 14.3 Å². The van der Waals surface area contributed by atoms with Crippen molar-refractivity contribution in [2.75, 3.05) is 20.3 Å². The number of hydrogen-bond acceptors (Lipinski definition) is 4. The molecule has 0 bridgehead atoms. The van der Waals surface area contributed by atoms with Crippen LogP contribution in [0.4, 0.5) is 0 Å². The summed E-state index contributed by atoms with van der Waals surface area (Å²) in [4.78, 5) is 27.0. The lowest BCUT2D eigenvalue weighted by atomic mass is 10.4. The Morgan fingerprint density at radius 3 is 2.67 bits per heavy atom. The Morgan fingerprint density at radius 2 is 2.25 bits per heavy atom. The first kappa shape index (κ1) is 8.70. The van der Waals surface area contributed by atoms with Gasteiger partial charge in [0.05, 0.1) is 13.7 Å². The number of aliphatic imine (C=N–C) groups is 1.